The fourth-order valence-electron chi connectivity index (χ4n) is 3.52. The first-order chi connectivity index (χ1) is 15.1. The van der Waals surface area contributed by atoms with Crippen molar-refractivity contribution in [1.29, 1.82) is 0 Å². The maximum atomic E-state index is 12.5. The van der Waals surface area contributed by atoms with Crippen molar-refractivity contribution in [3.05, 3.63) is 64.1 Å². The van der Waals surface area contributed by atoms with Crippen LogP contribution in [0, 0.1) is 0 Å². The molecule has 1 unspecified atom stereocenters. The van der Waals surface area contributed by atoms with E-state index in [9.17, 15) is 4.79 Å². The third-order valence-electron chi connectivity index (χ3n) is 5.13. The first-order valence-electron chi connectivity index (χ1n) is 10.4. The van der Waals surface area contributed by atoms with Crippen molar-refractivity contribution >= 4 is 27.9 Å². The second kappa shape index (κ2) is 11.9. The van der Waals surface area contributed by atoms with E-state index in [-0.39, 0.29) is 11.9 Å². The zero-order valence-corrected chi connectivity index (χ0v) is 19.6. The number of nitrogens with zero attached hydrogens (tertiary/aromatic N) is 1. The van der Waals surface area contributed by atoms with Gasteiger partial charge in [-0.3, -0.25) is 9.69 Å². The van der Waals surface area contributed by atoms with E-state index in [2.05, 4.69) is 26.1 Å². The molecule has 1 atom stereocenters. The van der Waals surface area contributed by atoms with Gasteiger partial charge in [-0.1, -0.05) is 34.1 Å². The Morgan fingerprint density at radius 2 is 1.94 bits per heavy atom. The standard InChI is InChI=1S/C24H29BrN2O4/c1-3-31-22-10-7-19(16-23(22)29-2)21(27-12-14-30-15-13-27)17-26-24(28)11-6-18-4-8-20(25)9-5-18/h4-11,16,21H,3,12-15,17H2,1-2H3,(H,26,28)/b11-6+. The van der Waals surface area contributed by atoms with Crippen LogP contribution in [0.2, 0.25) is 0 Å². The average molecular weight is 489 g/mol. The van der Waals surface area contributed by atoms with Crippen molar-refractivity contribution in [3.8, 4) is 11.5 Å². The molecule has 0 aliphatic carbocycles. The molecule has 0 aromatic heterocycles. The summed E-state index contributed by atoms with van der Waals surface area (Å²) in [6.45, 7) is 5.99. The lowest BCUT2D eigenvalue weighted by Crippen LogP contribution is -2.43. The lowest BCUT2D eigenvalue weighted by molar-refractivity contribution is -0.116. The number of ether oxygens (including phenoxy) is 3. The van der Waals surface area contributed by atoms with Gasteiger partial charge in [0, 0.05) is 30.2 Å². The first-order valence-corrected chi connectivity index (χ1v) is 11.2. The zero-order chi connectivity index (χ0) is 22.1. The van der Waals surface area contributed by atoms with Crippen LogP contribution in [0.4, 0.5) is 0 Å². The minimum Gasteiger partial charge on any atom is -0.493 e. The number of hydrogen-bond acceptors (Lipinski definition) is 5. The van der Waals surface area contributed by atoms with Gasteiger partial charge in [0.15, 0.2) is 11.5 Å². The number of halogens is 1. The molecule has 1 saturated heterocycles. The molecule has 0 spiro atoms. The average Bonchev–Trinajstić information content (AvgIpc) is 2.80. The Hall–Kier alpha value is -2.35. The monoisotopic (exact) mass is 488 g/mol. The van der Waals surface area contributed by atoms with Gasteiger partial charge in [0.2, 0.25) is 5.91 Å². The molecule has 1 heterocycles. The summed E-state index contributed by atoms with van der Waals surface area (Å²) in [5, 5.41) is 3.05. The van der Waals surface area contributed by atoms with Crippen molar-refractivity contribution in [2.75, 3.05) is 46.6 Å². The fourth-order valence-corrected chi connectivity index (χ4v) is 3.78. The van der Waals surface area contributed by atoms with E-state index < -0.39 is 0 Å². The van der Waals surface area contributed by atoms with Gasteiger partial charge in [-0.05, 0) is 48.4 Å². The van der Waals surface area contributed by atoms with E-state index in [1.807, 2.05) is 55.5 Å². The van der Waals surface area contributed by atoms with Gasteiger partial charge in [0.1, 0.15) is 0 Å². The number of rotatable bonds is 9. The second-order valence-corrected chi connectivity index (χ2v) is 8.05. The second-order valence-electron chi connectivity index (χ2n) is 7.14. The Morgan fingerprint density at radius 1 is 1.19 bits per heavy atom. The molecule has 31 heavy (non-hydrogen) atoms. The molecule has 6 nitrogen and oxygen atoms in total. The van der Waals surface area contributed by atoms with Crippen molar-refractivity contribution in [2.45, 2.75) is 13.0 Å². The Bertz CT molecular complexity index is 880. The Labute approximate surface area is 192 Å². The summed E-state index contributed by atoms with van der Waals surface area (Å²) >= 11 is 3.42. The predicted octanol–water partition coefficient (Wildman–Crippen LogP) is 4.06. The highest BCUT2D eigenvalue weighted by Gasteiger charge is 2.24. The molecule has 3 rings (SSSR count). The number of amides is 1. The number of carbonyl (C=O) groups excluding carboxylic acids is 1. The van der Waals surface area contributed by atoms with Gasteiger partial charge in [0.25, 0.3) is 0 Å². The summed E-state index contributed by atoms with van der Waals surface area (Å²) < 4.78 is 17.7. The molecule has 1 amide bonds. The van der Waals surface area contributed by atoms with E-state index in [0.717, 1.165) is 34.4 Å². The van der Waals surface area contributed by atoms with Crippen LogP contribution in [0.3, 0.4) is 0 Å². The van der Waals surface area contributed by atoms with Crippen LogP contribution in [0.5, 0.6) is 11.5 Å². The molecular formula is C24H29BrN2O4. The zero-order valence-electron chi connectivity index (χ0n) is 18.0. The number of hydrogen-bond donors (Lipinski definition) is 1. The smallest absolute Gasteiger partial charge is 0.244 e. The van der Waals surface area contributed by atoms with Gasteiger partial charge < -0.3 is 19.5 Å². The minimum absolute atomic E-state index is 0.0125. The van der Waals surface area contributed by atoms with E-state index in [0.29, 0.717) is 32.1 Å². The highest BCUT2D eigenvalue weighted by molar-refractivity contribution is 9.10. The van der Waals surface area contributed by atoms with Crippen LogP contribution in [0.25, 0.3) is 6.08 Å². The van der Waals surface area contributed by atoms with E-state index in [1.54, 1.807) is 13.2 Å². The van der Waals surface area contributed by atoms with E-state index >= 15 is 0 Å². The lowest BCUT2D eigenvalue weighted by Gasteiger charge is -2.35. The first kappa shape index (κ1) is 23.3. The summed E-state index contributed by atoms with van der Waals surface area (Å²) in [7, 11) is 1.64. The normalized spacial score (nSPS) is 15.6. The predicted molar refractivity (Wildman–Crippen MR) is 125 cm³/mol. The van der Waals surface area contributed by atoms with Crippen molar-refractivity contribution in [3.63, 3.8) is 0 Å². The van der Waals surface area contributed by atoms with Crippen molar-refractivity contribution in [2.24, 2.45) is 0 Å². The van der Waals surface area contributed by atoms with Crippen LogP contribution in [0.1, 0.15) is 24.1 Å². The molecule has 7 heteroatoms. The summed E-state index contributed by atoms with van der Waals surface area (Å²) in [6, 6.07) is 13.8. The molecule has 1 aliphatic heterocycles. The van der Waals surface area contributed by atoms with E-state index in [1.165, 1.54) is 0 Å². The van der Waals surface area contributed by atoms with Gasteiger partial charge in [-0.2, -0.15) is 0 Å². The van der Waals surface area contributed by atoms with Crippen LogP contribution >= 0.6 is 15.9 Å². The van der Waals surface area contributed by atoms with Crippen LogP contribution in [0.15, 0.2) is 53.0 Å². The Morgan fingerprint density at radius 3 is 2.61 bits per heavy atom. The molecule has 0 radical (unpaired) electrons. The number of morpholine rings is 1. The summed E-state index contributed by atoms with van der Waals surface area (Å²) in [5.41, 5.74) is 2.04. The largest absolute Gasteiger partial charge is 0.493 e. The number of methoxy groups -OCH3 is 1. The quantitative estimate of drug-likeness (QED) is 0.539. The third kappa shape index (κ3) is 6.82. The fraction of sp³-hybridized carbons (Fsp3) is 0.375. The maximum Gasteiger partial charge on any atom is 0.244 e. The van der Waals surface area contributed by atoms with Crippen LogP contribution < -0.4 is 14.8 Å². The molecular weight excluding hydrogens is 460 g/mol. The summed E-state index contributed by atoms with van der Waals surface area (Å²) in [5.74, 6) is 1.29. The lowest BCUT2D eigenvalue weighted by atomic mass is 10.0. The molecule has 0 saturated carbocycles. The highest BCUT2D eigenvalue weighted by atomic mass is 79.9. The molecule has 2 aromatic rings. The van der Waals surface area contributed by atoms with Crippen LogP contribution in [-0.2, 0) is 9.53 Å². The van der Waals surface area contributed by atoms with E-state index in [4.69, 9.17) is 14.2 Å². The molecule has 1 fully saturated rings. The molecule has 1 aliphatic rings. The molecule has 0 bridgehead atoms. The van der Waals surface area contributed by atoms with Crippen molar-refractivity contribution < 1.29 is 19.0 Å². The summed E-state index contributed by atoms with van der Waals surface area (Å²) in [4.78, 5) is 14.8. The number of carbonyl (C=O) groups is 1. The maximum absolute atomic E-state index is 12.5. The number of nitrogens with one attached hydrogen (secondary N) is 1. The van der Waals surface area contributed by atoms with Gasteiger partial charge in [-0.25, -0.2) is 0 Å². The Kier molecular flexibility index (Phi) is 8.94. The molecule has 166 valence electrons. The Balaban J connectivity index is 1.72. The van der Waals surface area contributed by atoms with Gasteiger partial charge in [0.05, 0.1) is 33.0 Å². The van der Waals surface area contributed by atoms with Gasteiger partial charge >= 0.3 is 0 Å². The minimum atomic E-state index is -0.126. The molecule has 1 N–H and O–H groups in total. The van der Waals surface area contributed by atoms with Crippen molar-refractivity contribution in [1.82, 2.24) is 10.2 Å². The molecule has 2 aromatic carbocycles. The summed E-state index contributed by atoms with van der Waals surface area (Å²) in [6.07, 6.45) is 3.38. The third-order valence-corrected chi connectivity index (χ3v) is 5.65. The SMILES string of the molecule is CCOc1ccc(C(CNC(=O)/C=C/c2ccc(Br)cc2)N2CCOCC2)cc1OC. The topological polar surface area (TPSA) is 60.0 Å². The van der Waals surface area contributed by atoms with Crippen LogP contribution in [-0.4, -0.2) is 57.4 Å². The highest BCUT2D eigenvalue weighted by Crippen LogP contribution is 2.32. The number of benzene rings is 2. The van der Waals surface area contributed by atoms with Gasteiger partial charge in [-0.15, -0.1) is 0 Å².